The number of rotatable bonds is 4. The van der Waals surface area contributed by atoms with Crippen molar-refractivity contribution < 1.29 is 0 Å². The maximum absolute atomic E-state index is 5.71. The van der Waals surface area contributed by atoms with Crippen LogP contribution in [0, 0.1) is 11.8 Å². The van der Waals surface area contributed by atoms with Gasteiger partial charge in [0.25, 0.3) is 0 Å². The van der Waals surface area contributed by atoms with Gasteiger partial charge in [0.15, 0.2) is 0 Å². The number of hydrogen-bond acceptors (Lipinski definition) is 1. The molecule has 1 heteroatoms. The Morgan fingerprint density at radius 1 is 1.00 bits per heavy atom. The SMILES string of the molecule is NCCC1CCCCC1Cc1ccccc1. The summed E-state index contributed by atoms with van der Waals surface area (Å²) in [6, 6.07) is 10.9. The van der Waals surface area contributed by atoms with Crippen molar-refractivity contribution in [1.29, 1.82) is 0 Å². The summed E-state index contributed by atoms with van der Waals surface area (Å²) in [4.78, 5) is 0. The molecule has 2 rings (SSSR count). The van der Waals surface area contributed by atoms with Gasteiger partial charge >= 0.3 is 0 Å². The van der Waals surface area contributed by atoms with Crippen LogP contribution in [0.3, 0.4) is 0 Å². The van der Waals surface area contributed by atoms with E-state index in [1.807, 2.05) is 0 Å². The zero-order chi connectivity index (χ0) is 11.2. The predicted molar refractivity (Wildman–Crippen MR) is 69.3 cm³/mol. The van der Waals surface area contributed by atoms with Crippen molar-refractivity contribution in [2.75, 3.05) is 6.54 Å². The first-order valence-electron chi connectivity index (χ1n) is 6.64. The molecule has 0 aliphatic heterocycles. The van der Waals surface area contributed by atoms with Crippen LogP contribution in [-0.4, -0.2) is 6.54 Å². The summed E-state index contributed by atoms with van der Waals surface area (Å²) in [5.41, 5.74) is 7.21. The Morgan fingerprint density at radius 2 is 1.69 bits per heavy atom. The third-order valence-corrected chi connectivity index (χ3v) is 3.94. The quantitative estimate of drug-likeness (QED) is 0.822. The minimum Gasteiger partial charge on any atom is -0.330 e. The Hall–Kier alpha value is -0.820. The summed E-state index contributed by atoms with van der Waals surface area (Å²) in [5, 5.41) is 0. The molecule has 1 saturated carbocycles. The van der Waals surface area contributed by atoms with Crippen molar-refractivity contribution in [3.8, 4) is 0 Å². The second-order valence-electron chi connectivity index (χ2n) is 5.07. The highest BCUT2D eigenvalue weighted by atomic mass is 14.5. The van der Waals surface area contributed by atoms with Crippen LogP contribution in [-0.2, 0) is 6.42 Å². The average molecular weight is 217 g/mol. The second-order valence-corrected chi connectivity index (χ2v) is 5.07. The molecule has 1 aromatic carbocycles. The molecule has 0 spiro atoms. The van der Waals surface area contributed by atoms with Crippen LogP contribution in [0.2, 0.25) is 0 Å². The van der Waals surface area contributed by atoms with Crippen molar-refractivity contribution in [3.63, 3.8) is 0 Å². The van der Waals surface area contributed by atoms with E-state index < -0.39 is 0 Å². The fraction of sp³-hybridized carbons (Fsp3) is 0.600. The molecule has 0 amide bonds. The number of nitrogens with two attached hydrogens (primary N) is 1. The topological polar surface area (TPSA) is 26.0 Å². The summed E-state index contributed by atoms with van der Waals surface area (Å²) < 4.78 is 0. The van der Waals surface area contributed by atoms with Crippen molar-refractivity contribution >= 4 is 0 Å². The van der Waals surface area contributed by atoms with Crippen LogP contribution in [0.5, 0.6) is 0 Å². The van der Waals surface area contributed by atoms with Crippen molar-refractivity contribution in [2.24, 2.45) is 17.6 Å². The molecule has 1 aromatic rings. The first-order chi connectivity index (χ1) is 7.90. The molecule has 0 heterocycles. The molecular weight excluding hydrogens is 194 g/mol. The highest BCUT2D eigenvalue weighted by molar-refractivity contribution is 5.15. The molecule has 1 nitrogen and oxygen atoms in total. The monoisotopic (exact) mass is 217 g/mol. The molecule has 16 heavy (non-hydrogen) atoms. The zero-order valence-electron chi connectivity index (χ0n) is 10.1. The van der Waals surface area contributed by atoms with Gasteiger partial charge in [-0.1, -0.05) is 49.6 Å². The first kappa shape index (κ1) is 11.7. The zero-order valence-corrected chi connectivity index (χ0v) is 10.1. The molecule has 1 aliphatic rings. The lowest BCUT2D eigenvalue weighted by Gasteiger charge is -2.31. The van der Waals surface area contributed by atoms with E-state index in [1.54, 1.807) is 0 Å². The lowest BCUT2D eigenvalue weighted by molar-refractivity contribution is 0.225. The van der Waals surface area contributed by atoms with Crippen molar-refractivity contribution in [1.82, 2.24) is 0 Å². The molecule has 0 saturated heterocycles. The summed E-state index contributed by atoms with van der Waals surface area (Å²) in [6.45, 7) is 0.857. The molecule has 2 atom stereocenters. The highest BCUT2D eigenvalue weighted by Gasteiger charge is 2.24. The molecule has 1 aliphatic carbocycles. The third-order valence-electron chi connectivity index (χ3n) is 3.94. The van der Waals surface area contributed by atoms with E-state index in [0.717, 1.165) is 18.4 Å². The highest BCUT2D eigenvalue weighted by Crippen LogP contribution is 2.34. The van der Waals surface area contributed by atoms with Crippen molar-refractivity contribution in [2.45, 2.75) is 38.5 Å². The van der Waals surface area contributed by atoms with E-state index in [-0.39, 0.29) is 0 Å². The van der Waals surface area contributed by atoms with E-state index in [0.29, 0.717) is 0 Å². The lowest BCUT2D eigenvalue weighted by Crippen LogP contribution is -2.24. The van der Waals surface area contributed by atoms with E-state index in [2.05, 4.69) is 30.3 Å². The van der Waals surface area contributed by atoms with Gasteiger partial charge in [0, 0.05) is 0 Å². The number of hydrogen-bond donors (Lipinski definition) is 1. The van der Waals surface area contributed by atoms with Crippen molar-refractivity contribution in [3.05, 3.63) is 35.9 Å². The molecule has 2 N–H and O–H groups in total. The van der Waals surface area contributed by atoms with E-state index >= 15 is 0 Å². The van der Waals surface area contributed by atoms with Crippen LogP contribution in [0.1, 0.15) is 37.7 Å². The summed E-state index contributed by atoms with van der Waals surface area (Å²) in [7, 11) is 0. The minimum atomic E-state index is 0.857. The summed E-state index contributed by atoms with van der Waals surface area (Å²) >= 11 is 0. The Morgan fingerprint density at radius 3 is 2.38 bits per heavy atom. The van der Waals surface area contributed by atoms with E-state index in [9.17, 15) is 0 Å². The molecule has 1 fully saturated rings. The van der Waals surface area contributed by atoms with Gasteiger partial charge in [-0.2, -0.15) is 0 Å². The van der Waals surface area contributed by atoms with Crippen LogP contribution in [0.15, 0.2) is 30.3 Å². The predicted octanol–water partition coefficient (Wildman–Crippen LogP) is 3.38. The minimum absolute atomic E-state index is 0.857. The largest absolute Gasteiger partial charge is 0.330 e. The lowest BCUT2D eigenvalue weighted by atomic mass is 9.75. The third kappa shape index (κ3) is 3.08. The molecule has 0 radical (unpaired) electrons. The van der Waals surface area contributed by atoms with Gasteiger partial charge in [-0.25, -0.2) is 0 Å². The normalized spacial score (nSPS) is 25.6. The molecule has 0 bridgehead atoms. The average Bonchev–Trinajstić information content (AvgIpc) is 2.33. The fourth-order valence-corrected chi connectivity index (χ4v) is 3.06. The second kappa shape index (κ2) is 6.05. The maximum Gasteiger partial charge on any atom is -0.00745 e. The molecule has 2 unspecified atom stereocenters. The van der Waals surface area contributed by atoms with Gasteiger partial charge in [-0.05, 0) is 43.2 Å². The molecule has 0 aromatic heterocycles. The summed E-state index contributed by atoms with van der Waals surface area (Å²) in [5.74, 6) is 1.75. The Labute approximate surface area is 99.0 Å². The Balaban J connectivity index is 1.96. The Bertz CT molecular complexity index is 292. The number of benzene rings is 1. The standard InChI is InChI=1S/C15H23N/c16-11-10-14-8-4-5-9-15(14)12-13-6-2-1-3-7-13/h1-3,6-7,14-15H,4-5,8-12,16H2. The van der Waals surface area contributed by atoms with Gasteiger partial charge < -0.3 is 5.73 Å². The Kier molecular flexibility index (Phi) is 4.41. The van der Waals surface area contributed by atoms with Gasteiger partial charge in [-0.15, -0.1) is 0 Å². The van der Waals surface area contributed by atoms with Crippen LogP contribution in [0.4, 0.5) is 0 Å². The first-order valence-corrected chi connectivity index (χ1v) is 6.64. The van der Waals surface area contributed by atoms with Gasteiger partial charge in [-0.3, -0.25) is 0 Å². The molecular formula is C15H23N. The van der Waals surface area contributed by atoms with E-state index in [1.165, 1.54) is 44.1 Å². The fourth-order valence-electron chi connectivity index (χ4n) is 3.06. The smallest absolute Gasteiger partial charge is 0.00745 e. The van der Waals surface area contributed by atoms with Crippen LogP contribution >= 0.6 is 0 Å². The van der Waals surface area contributed by atoms with E-state index in [4.69, 9.17) is 5.73 Å². The van der Waals surface area contributed by atoms with Gasteiger partial charge in [0.05, 0.1) is 0 Å². The molecule has 88 valence electrons. The summed E-state index contributed by atoms with van der Waals surface area (Å²) in [6.07, 6.45) is 8.10. The maximum atomic E-state index is 5.71. The van der Waals surface area contributed by atoms with Crippen LogP contribution in [0.25, 0.3) is 0 Å². The van der Waals surface area contributed by atoms with Gasteiger partial charge in [0.2, 0.25) is 0 Å². The van der Waals surface area contributed by atoms with Gasteiger partial charge in [0.1, 0.15) is 0 Å². The van der Waals surface area contributed by atoms with Crippen LogP contribution < -0.4 is 5.73 Å².